The van der Waals surface area contributed by atoms with Crippen LogP contribution in [0.4, 0.5) is 0 Å². The third-order valence-corrected chi connectivity index (χ3v) is 3.93. The number of carboxylic acids is 1. The van der Waals surface area contributed by atoms with Crippen molar-refractivity contribution in [1.82, 2.24) is 4.90 Å². The molecule has 1 saturated heterocycles. The van der Waals surface area contributed by atoms with Crippen molar-refractivity contribution in [3.8, 4) is 5.75 Å². The fourth-order valence-corrected chi connectivity index (χ4v) is 2.72. The molecule has 1 heterocycles. The summed E-state index contributed by atoms with van der Waals surface area (Å²) in [5.74, 6) is -1.21. The molecule has 0 bridgehead atoms. The number of aromatic hydroxyl groups is 1. The molecule has 1 aromatic rings. The first-order chi connectivity index (χ1) is 9.38. The first kappa shape index (κ1) is 14.8. The van der Waals surface area contributed by atoms with E-state index in [9.17, 15) is 19.8 Å². The average molecular weight is 343 g/mol. The zero-order valence-electron chi connectivity index (χ0n) is 10.6. The van der Waals surface area contributed by atoms with Crippen LogP contribution in [0, 0.1) is 0 Å². The van der Waals surface area contributed by atoms with E-state index in [-0.39, 0.29) is 37.1 Å². The van der Waals surface area contributed by atoms with Crippen molar-refractivity contribution in [3.63, 3.8) is 0 Å². The van der Waals surface area contributed by atoms with Gasteiger partial charge < -0.3 is 20.8 Å². The molecule has 1 aliphatic heterocycles. The zero-order chi connectivity index (χ0) is 14.9. The Morgan fingerprint density at radius 1 is 1.55 bits per heavy atom. The van der Waals surface area contributed by atoms with Gasteiger partial charge in [0.1, 0.15) is 11.8 Å². The van der Waals surface area contributed by atoms with Crippen LogP contribution in [0.5, 0.6) is 5.75 Å². The van der Waals surface area contributed by atoms with Crippen LogP contribution in [-0.4, -0.2) is 45.6 Å². The van der Waals surface area contributed by atoms with Crippen molar-refractivity contribution in [2.24, 2.45) is 5.73 Å². The van der Waals surface area contributed by atoms with Gasteiger partial charge in [0.05, 0.1) is 4.47 Å². The highest BCUT2D eigenvalue weighted by Gasteiger charge is 2.36. The number of phenolic OH excluding ortho intramolecular Hbond substituents is 1. The van der Waals surface area contributed by atoms with E-state index in [1.807, 2.05) is 0 Å². The SMILES string of the molecule is NC1CC(=O)N([C@@H](Cc2ccc(O)c(Br)c2)C(=O)O)C1. The largest absolute Gasteiger partial charge is 0.507 e. The quantitative estimate of drug-likeness (QED) is 0.747. The Morgan fingerprint density at radius 3 is 2.75 bits per heavy atom. The molecule has 4 N–H and O–H groups in total. The van der Waals surface area contributed by atoms with E-state index in [1.54, 1.807) is 12.1 Å². The molecule has 0 saturated carbocycles. The third kappa shape index (κ3) is 3.10. The Labute approximate surface area is 124 Å². The highest BCUT2D eigenvalue weighted by Crippen LogP contribution is 2.26. The van der Waals surface area contributed by atoms with Gasteiger partial charge in [-0.1, -0.05) is 6.07 Å². The lowest BCUT2D eigenvalue weighted by Gasteiger charge is -2.24. The van der Waals surface area contributed by atoms with E-state index in [2.05, 4.69) is 15.9 Å². The van der Waals surface area contributed by atoms with Gasteiger partial charge in [-0.05, 0) is 33.6 Å². The number of aliphatic carboxylic acids is 1. The Morgan fingerprint density at radius 2 is 2.25 bits per heavy atom. The Hall–Kier alpha value is -1.60. The minimum atomic E-state index is -1.06. The van der Waals surface area contributed by atoms with Gasteiger partial charge in [0, 0.05) is 25.4 Å². The van der Waals surface area contributed by atoms with Gasteiger partial charge in [0.2, 0.25) is 5.91 Å². The molecule has 0 aliphatic carbocycles. The number of hydrogen-bond acceptors (Lipinski definition) is 4. The zero-order valence-corrected chi connectivity index (χ0v) is 12.2. The normalized spacial score (nSPS) is 20.2. The predicted molar refractivity (Wildman–Crippen MR) is 75.2 cm³/mol. The summed E-state index contributed by atoms with van der Waals surface area (Å²) in [7, 11) is 0. The lowest BCUT2D eigenvalue weighted by molar-refractivity contribution is -0.148. The molecule has 7 heteroatoms. The maximum Gasteiger partial charge on any atom is 0.326 e. The van der Waals surface area contributed by atoms with E-state index in [1.165, 1.54) is 11.0 Å². The van der Waals surface area contributed by atoms with E-state index in [0.29, 0.717) is 4.47 Å². The van der Waals surface area contributed by atoms with E-state index in [0.717, 1.165) is 5.56 Å². The fraction of sp³-hybridized carbons (Fsp3) is 0.385. The Balaban J connectivity index is 2.19. The second-order valence-corrected chi connectivity index (χ2v) is 5.71. The van der Waals surface area contributed by atoms with Crippen LogP contribution in [0.2, 0.25) is 0 Å². The number of benzene rings is 1. The number of rotatable bonds is 4. The van der Waals surface area contributed by atoms with Crippen molar-refractivity contribution in [2.75, 3.05) is 6.54 Å². The number of nitrogens with zero attached hydrogens (tertiary/aromatic N) is 1. The second-order valence-electron chi connectivity index (χ2n) is 4.85. The molecule has 1 fully saturated rings. The summed E-state index contributed by atoms with van der Waals surface area (Å²) in [4.78, 5) is 24.5. The molecule has 0 aromatic heterocycles. The summed E-state index contributed by atoms with van der Waals surface area (Å²) >= 11 is 3.18. The molecule has 0 spiro atoms. The first-order valence-corrected chi connectivity index (χ1v) is 6.93. The summed E-state index contributed by atoms with van der Waals surface area (Å²) in [6.07, 6.45) is 0.357. The molecule has 1 amide bonds. The van der Waals surface area contributed by atoms with E-state index >= 15 is 0 Å². The third-order valence-electron chi connectivity index (χ3n) is 3.29. The molecular weight excluding hydrogens is 328 g/mol. The van der Waals surface area contributed by atoms with Gasteiger partial charge in [0.25, 0.3) is 0 Å². The van der Waals surface area contributed by atoms with Gasteiger partial charge in [-0.2, -0.15) is 0 Å². The molecule has 1 aromatic carbocycles. The Kier molecular flexibility index (Phi) is 4.29. The van der Waals surface area contributed by atoms with Crippen LogP contribution in [0.3, 0.4) is 0 Å². The van der Waals surface area contributed by atoms with Crippen LogP contribution in [0.1, 0.15) is 12.0 Å². The minimum absolute atomic E-state index is 0.0832. The predicted octanol–water partition coefficient (Wildman–Crippen LogP) is 0.710. The molecule has 20 heavy (non-hydrogen) atoms. The maximum absolute atomic E-state index is 11.8. The molecule has 1 aliphatic rings. The summed E-state index contributed by atoms with van der Waals surface area (Å²) in [6, 6.07) is 3.52. The summed E-state index contributed by atoms with van der Waals surface area (Å²) < 4.78 is 0.489. The van der Waals surface area contributed by atoms with Gasteiger partial charge in [-0.15, -0.1) is 0 Å². The van der Waals surface area contributed by atoms with Crippen LogP contribution >= 0.6 is 15.9 Å². The second kappa shape index (κ2) is 5.80. The number of amides is 1. The number of carboxylic acid groups (broad SMARTS) is 1. The highest BCUT2D eigenvalue weighted by atomic mass is 79.9. The lowest BCUT2D eigenvalue weighted by atomic mass is 10.0. The van der Waals surface area contributed by atoms with Crippen molar-refractivity contribution < 1.29 is 19.8 Å². The number of likely N-dealkylation sites (tertiary alicyclic amines) is 1. The monoisotopic (exact) mass is 342 g/mol. The summed E-state index contributed by atoms with van der Waals surface area (Å²) in [5, 5.41) is 18.8. The topological polar surface area (TPSA) is 104 Å². The highest BCUT2D eigenvalue weighted by molar-refractivity contribution is 9.10. The van der Waals surface area contributed by atoms with Crippen molar-refractivity contribution >= 4 is 27.8 Å². The first-order valence-electron chi connectivity index (χ1n) is 6.13. The van der Waals surface area contributed by atoms with Gasteiger partial charge in [-0.25, -0.2) is 4.79 Å². The number of carbonyl (C=O) groups is 2. The minimum Gasteiger partial charge on any atom is -0.507 e. The number of hydrogen-bond donors (Lipinski definition) is 3. The maximum atomic E-state index is 11.8. The smallest absolute Gasteiger partial charge is 0.326 e. The molecule has 2 atom stereocenters. The standard InChI is InChI=1S/C13H15BrN2O4/c14-9-3-7(1-2-11(9)17)4-10(13(19)20)16-6-8(15)5-12(16)18/h1-3,8,10,17H,4-6,15H2,(H,19,20)/t8?,10-/m0/s1. The number of carbonyl (C=O) groups excluding carboxylic acids is 1. The molecule has 1 unspecified atom stereocenters. The van der Waals surface area contributed by atoms with Crippen molar-refractivity contribution in [3.05, 3.63) is 28.2 Å². The molecule has 108 valence electrons. The molecular formula is C13H15BrN2O4. The number of phenols is 1. The van der Waals surface area contributed by atoms with Crippen LogP contribution in [0.25, 0.3) is 0 Å². The molecule has 6 nitrogen and oxygen atoms in total. The van der Waals surface area contributed by atoms with Crippen LogP contribution in [0.15, 0.2) is 22.7 Å². The van der Waals surface area contributed by atoms with E-state index < -0.39 is 12.0 Å². The van der Waals surface area contributed by atoms with Gasteiger partial charge in [-0.3, -0.25) is 4.79 Å². The van der Waals surface area contributed by atoms with Crippen LogP contribution < -0.4 is 5.73 Å². The van der Waals surface area contributed by atoms with Gasteiger partial charge in [0.15, 0.2) is 0 Å². The number of nitrogens with two attached hydrogens (primary N) is 1. The average Bonchev–Trinajstić information content (AvgIpc) is 2.69. The van der Waals surface area contributed by atoms with Crippen molar-refractivity contribution in [2.45, 2.75) is 24.9 Å². The molecule has 2 rings (SSSR count). The summed E-state index contributed by atoms with van der Waals surface area (Å²) in [6.45, 7) is 0.259. The Bertz CT molecular complexity index is 549. The van der Waals surface area contributed by atoms with Crippen LogP contribution in [-0.2, 0) is 16.0 Å². The lowest BCUT2D eigenvalue weighted by Crippen LogP contribution is -2.44. The number of halogens is 1. The summed E-state index contributed by atoms with van der Waals surface area (Å²) in [5.41, 5.74) is 6.41. The van der Waals surface area contributed by atoms with Crippen molar-refractivity contribution in [1.29, 1.82) is 0 Å². The van der Waals surface area contributed by atoms with E-state index in [4.69, 9.17) is 5.73 Å². The fourth-order valence-electron chi connectivity index (χ4n) is 2.29. The van der Waals surface area contributed by atoms with Gasteiger partial charge >= 0.3 is 5.97 Å². The molecule has 0 radical (unpaired) electrons.